The molecule has 2 amide bonds. The number of esters is 1. The highest BCUT2D eigenvalue weighted by atomic mass is 32.1. The summed E-state index contributed by atoms with van der Waals surface area (Å²) in [6.07, 6.45) is -1.16. The molecular weight excluding hydrogens is 386 g/mol. The molecule has 0 aliphatic rings. The molecule has 2 rings (SSSR count). The van der Waals surface area contributed by atoms with Crippen LogP contribution in [0.15, 0.2) is 24.3 Å². The number of nitro benzene ring substituents is 1. The molecule has 0 aliphatic carbocycles. The summed E-state index contributed by atoms with van der Waals surface area (Å²) in [6, 6.07) is 5.42. The Morgan fingerprint density at radius 3 is 2.50 bits per heavy atom. The van der Waals surface area contributed by atoms with E-state index < -0.39 is 22.9 Å². The Labute approximate surface area is 164 Å². The van der Waals surface area contributed by atoms with Gasteiger partial charge >= 0.3 is 5.97 Å². The van der Waals surface area contributed by atoms with Crippen molar-refractivity contribution in [1.29, 1.82) is 0 Å². The normalized spacial score (nSPS) is 11.4. The van der Waals surface area contributed by atoms with E-state index in [0.29, 0.717) is 10.6 Å². The molecule has 1 aromatic carbocycles. The predicted molar refractivity (Wildman–Crippen MR) is 105 cm³/mol. The molecular formula is C18H19N3O6S. The SMILES string of the molecule is CC(=O)Nc1sc(C)c(C)c1C(=O)O[C@@H](C)C(=O)Nc1cccc([N+](=O)[O-])c1. The van der Waals surface area contributed by atoms with Crippen molar-refractivity contribution in [2.45, 2.75) is 33.8 Å². The van der Waals surface area contributed by atoms with Gasteiger partial charge in [-0.2, -0.15) is 0 Å². The van der Waals surface area contributed by atoms with Crippen LogP contribution in [0.2, 0.25) is 0 Å². The van der Waals surface area contributed by atoms with Crippen LogP contribution in [-0.2, 0) is 14.3 Å². The second-order valence-electron chi connectivity index (χ2n) is 6.01. The van der Waals surface area contributed by atoms with Crippen molar-refractivity contribution in [3.8, 4) is 0 Å². The van der Waals surface area contributed by atoms with Crippen LogP contribution in [0, 0.1) is 24.0 Å². The van der Waals surface area contributed by atoms with Crippen molar-refractivity contribution in [1.82, 2.24) is 0 Å². The number of nitro groups is 1. The van der Waals surface area contributed by atoms with Gasteiger partial charge in [0.15, 0.2) is 6.10 Å². The Bertz CT molecular complexity index is 953. The molecule has 1 heterocycles. The zero-order chi connectivity index (χ0) is 21.0. The van der Waals surface area contributed by atoms with Crippen molar-refractivity contribution < 1.29 is 24.0 Å². The van der Waals surface area contributed by atoms with Gasteiger partial charge in [0.25, 0.3) is 11.6 Å². The summed E-state index contributed by atoms with van der Waals surface area (Å²) in [5.74, 6) is -1.71. The molecule has 2 N–H and O–H groups in total. The number of nitrogens with one attached hydrogen (secondary N) is 2. The number of rotatable bonds is 6. The second-order valence-corrected chi connectivity index (χ2v) is 7.24. The maximum Gasteiger partial charge on any atom is 0.342 e. The predicted octanol–water partition coefficient (Wildman–Crippen LogP) is 3.42. The molecule has 148 valence electrons. The number of carbonyl (C=O) groups excluding carboxylic acids is 3. The van der Waals surface area contributed by atoms with E-state index in [1.807, 2.05) is 0 Å². The number of benzene rings is 1. The summed E-state index contributed by atoms with van der Waals surface area (Å²) in [5, 5.41) is 16.2. The smallest absolute Gasteiger partial charge is 0.342 e. The van der Waals surface area contributed by atoms with E-state index in [4.69, 9.17) is 4.74 Å². The average molecular weight is 405 g/mol. The lowest BCUT2D eigenvalue weighted by molar-refractivity contribution is -0.384. The Morgan fingerprint density at radius 2 is 1.89 bits per heavy atom. The lowest BCUT2D eigenvalue weighted by Crippen LogP contribution is -2.30. The molecule has 0 radical (unpaired) electrons. The molecule has 0 bridgehead atoms. The molecule has 0 aliphatic heterocycles. The Hall–Kier alpha value is -3.27. The van der Waals surface area contributed by atoms with E-state index in [1.54, 1.807) is 13.8 Å². The van der Waals surface area contributed by atoms with Gasteiger partial charge in [0.1, 0.15) is 5.00 Å². The first-order valence-corrected chi connectivity index (χ1v) is 9.05. The molecule has 0 saturated carbocycles. The van der Waals surface area contributed by atoms with E-state index in [0.717, 1.165) is 4.88 Å². The van der Waals surface area contributed by atoms with Crippen LogP contribution < -0.4 is 10.6 Å². The zero-order valence-corrected chi connectivity index (χ0v) is 16.5. The highest BCUT2D eigenvalue weighted by molar-refractivity contribution is 7.16. The summed E-state index contributed by atoms with van der Waals surface area (Å²) >= 11 is 1.24. The van der Waals surface area contributed by atoms with Crippen LogP contribution in [0.4, 0.5) is 16.4 Å². The highest BCUT2D eigenvalue weighted by Gasteiger charge is 2.25. The molecule has 9 nitrogen and oxygen atoms in total. The third kappa shape index (κ3) is 4.92. The third-order valence-electron chi connectivity index (χ3n) is 3.86. The van der Waals surface area contributed by atoms with Gasteiger partial charge in [-0.05, 0) is 32.4 Å². The topological polar surface area (TPSA) is 128 Å². The monoisotopic (exact) mass is 405 g/mol. The third-order valence-corrected chi connectivity index (χ3v) is 4.98. The lowest BCUT2D eigenvalue weighted by atomic mass is 10.1. The quantitative estimate of drug-likeness (QED) is 0.431. The summed E-state index contributed by atoms with van der Waals surface area (Å²) in [7, 11) is 0. The van der Waals surface area contributed by atoms with E-state index in [1.165, 1.54) is 49.4 Å². The van der Waals surface area contributed by atoms with Crippen LogP contribution in [0.5, 0.6) is 0 Å². The Balaban J connectivity index is 2.12. The number of aryl methyl sites for hydroxylation is 1. The first-order chi connectivity index (χ1) is 13.1. The van der Waals surface area contributed by atoms with Gasteiger partial charge < -0.3 is 15.4 Å². The van der Waals surface area contributed by atoms with Crippen LogP contribution in [0.3, 0.4) is 0 Å². The van der Waals surface area contributed by atoms with Crippen LogP contribution >= 0.6 is 11.3 Å². The molecule has 1 aromatic heterocycles. The van der Waals surface area contributed by atoms with Crippen molar-refractivity contribution >= 4 is 45.5 Å². The zero-order valence-electron chi connectivity index (χ0n) is 15.7. The number of anilines is 2. The van der Waals surface area contributed by atoms with Gasteiger partial charge in [0.05, 0.1) is 10.5 Å². The fourth-order valence-corrected chi connectivity index (χ4v) is 3.43. The van der Waals surface area contributed by atoms with Crippen molar-refractivity contribution in [3.05, 3.63) is 50.4 Å². The number of hydrogen-bond donors (Lipinski definition) is 2. The summed E-state index contributed by atoms with van der Waals surface area (Å²) in [4.78, 5) is 47.3. The number of ether oxygens (including phenoxy) is 1. The molecule has 0 fully saturated rings. The minimum atomic E-state index is -1.16. The van der Waals surface area contributed by atoms with Gasteiger partial charge in [-0.15, -0.1) is 11.3 Å². The second kappa shape index (κ2) is 8.61. The fraction of sp³-hybridized carbons (Fsp3) is 0.278. The van der Waals surface area contributed by atoms with Crippen molar-refractivity contribution in [2.24, 2.45) is 0 Å². The van der Waals surface area contributed by atoms with Crippen LogP contribution in [0.25, 0.3) is 0 Å². The van der Waals surface area contributed by atoms with Gasteiger partial charge in [0.2, 0.25) is 5.91 Å². The fourth-order valence-electron chi connectivity index (χ4n) is 2.33. The van der Waals surface area contributed by atoms with Crippen LogP contribution in [-0.4, -0.2) is 28.8 Å². The van der Waals surface area contributed by atoms with E-state index >= 15 is 0 Å². The number of carbonyl (C=O) groups is 3. The number of amides is 2. The molecule has 0 spiro atoms. The molecule has 28 heavy (non-hydrogen) atoms. The van der Waals surface area contributed by atoms with Gasteiger partial charge in [0, 0.05) is 29.6 Å². The van der Waals surface area contributed by atoms with E-state index in [9.17, 15) is 24.5 Å². The summed E-state index contributed by atoms with van der Waals surface area (Å²) in [6.45, 7) is 6.24. The lowest BCUT2D eigenvalue weighted by Gasteiger charge is -2.14. The standard InChI is InChI=1S/C18H19N3O6S/c1-9-11(3)28-17(19-12(4)22)15(9)18(24)27-10(2)16(23)20-13-6-5-7-14(8-13)21(25)26/h5-8,10H,1-4H3,(H,19,22)(H,20,23)/t10-/m0/s1. The Morgan fingerprint density at radius 1 is 1.21 bits per heavy atom. The molecule has 1 atom stereocenters. The highest BCUT2D eigenvalue weighted by Crippen LogP contribution is 2.33. The number of hydrogen-bond acceptors (Lipinski definition) is 7. The van der Waals surface area contributed by atoms with E-state index in [2.05, 4.69) is 10.6 Å². The summed E-state index contributed by atoms with van der Waals surface area (Å²) < 4.78 is 5.24. The van der Waals surface area contributed by atoms with E-state index in [-0.39, 0.29) is 22.8 Å². The van der Waals surface area contributed by atoms with Gasteiger partial charge in [-0.3, -0.25) is 19.7 Å². The largest absolute Gasteiger partial charge is 0.449 e. The number of thiophene rings is 1. The first-order valence-electron chi connectivity index (χ1n) is 8.24. The maximum atomic E-state index is 12.6. The molecule has 10 heteroatoms. The minimum absolute atomic E-state index is 0.174. The number of nitrogens with zero attached hydrogens (tertiary/aromatic N) is 1. The molecule has 0 saturated heterocycles. The van der Waals surface area contributed by atoms with Crippen LogP contribution in [0.1, 0.15) is 34.6 Å². The molecule has 2 aromatic rings. The van der Waals surface area contributed by atoms with Gasteiger partial charge in [-0.1, -0.05) is 6.07 Å². The number of non-ortho nitro benzene ring substituents is 1. The first kappa shape index (κ1) is 21.0. The van der Waals surface area contributed by atoms with Gasteiger partial charge in [-0.25, -0.2) is 4.79 Å². The Kier molecular flexibility index (Phi) is 6.47. The molecule has 0 unspecified atom stereocenters. The van der Waals surface area contributed by atoms with Crippen molar-refractivity contribution in [2.75, 3.05) is 10.6 Å². The maximum absolute atomic E-state index is 12.6. The average Bonchev–Trinajstić information content (AvgIpc) is 2.88. The minimum Gasteiger partial charge on any atom is -0.449 e. The van der Waals surface area contributed by atoms with Crippen molar-refractivity contribution in [3.63, 3.8) is 0 Å². The summed E-state index contributed by atoms with van der Waals surface area (Å²) in [5.41, 5.74) is 0.896.